The van der Waals surface area contributed by atoms with Crippen molar-refractivity contribution in [3.8, 4) is 0 Å². The molecular formula is C8H15N3S. The van der Waals surface area contributed by atoms with E-state index in [1.54, 1.807) is 6.20 Å². The second-order valence-electron chi connectivity index (χ2n) is 3.18. The third-order valence-electron chi connectivity index (χ3n) is 1.93. The van der Waals surface area contributed by atoms with Gasteiger partial charge in [0.15, 0.2) is 0 Å². The van der Waals surface area contributed by atoms with Crippen molar-refractivity contribution in [1.29, 1.82) is 0 Å². The Bertz CT molecular complexity index is 208. The van der Waals surface area contributed by atoms with E-state index in [2.05, 4.69) is 35.7 Å². The van der Waals surface area contributed by atoms with E-state index in [4.69, 9.17) is 0 Å². The summed E-state index contributed by atoms with van der Waals surface area (Å²) in [6, 6.07) is 0.534. The van der Waals surface area contributed by atoms with Gasteiger partial charge in [-0.05, 0) is 12.3 Å². The quantitative estimate of drug-likeness (QED) is 0.782. The monoisotopic (exact) mass is 185 g/mol. The molecule has 1 N–H and O–H groups in total. The molecule has 1 unspecified atom stereocenters. The van der Waals surface area contributed by atoms with E-state index in [1.165, 1.54) is 11.5 Å². The van der Waals surface area contributed by atoms with Crippen LogP contribution in [0, 0.1) is 5.92 Å². The molecule has 1 rings (SSSR count). The Kier molecular flexibility index (Phi) is 3.47. The highest BCUT2D eigenvalue weighted by Gasteiger charge is 2.10. The Hall–Kier alpha value is -0.640. The zero-order valence-corrected chi connectivity index (χ0v) is 8.56. The predicted molar refractivity (Wildman–Crippen MR) is 52.4 cm³/mol. The molecule has 0 aliphatic carbocycles. The normalized spacial score (nSPS) is 13.3. The minimum absolute atomic E-state index is 0.534. The lowest BCUT2D eigenvalue weighted by atomic mass is 10.0. The first-order chi connectivity index (χ1) is 5.74. The van der Waals surface area contributed by atoms with Gasteiger partial charge < -0.3 is 5.32 Å². The molecule has 12 heavy (non-hydrogen) atoms. The van der Waals surface area contributed by atoms with Gasteiger partial charge in [0.1, 0.15) is 5.00 Å². The van der Waals surface area contributed by atoms with Crippen LogP contribution in [0.15, 0.2) is 6.20 Å². The van der Waals surface area contributed by atoms with Crippen molar-refractivity contribution in [2.45, 2.75) is 33.2 Å². The minimum Gasteiger partial charge on any atom is -0.371 e. The molecule has 0 radical (unpaired) electrons. The number of aromatic nitrogens is 2. The standard InChI is InChI=1S/C8H15N3S/c1-4-7(6(2)3)10-8-5-9-11-12-8/h5-7,10H,4H2,1-3H3. The molecule has 0 fully saturated rings. The van der Waals surface area contributed by atoms with Gasteiger partial charge in [-0.15, -0.1) is 5.10 Å². The highest BCUT2D eigenvalue weighted by Crippen LogP contribution is 2.16. The summed E-state index contributed by atoms with van der Waals surface area (Å²) in [6.45, 7) is 6.62. The van der Waals surface area contributed by atoms with E-state index in [0.717, 1.165) is 11.4 Å². The van der Waals surface area contributed by atoms with Gasteiger partial charge >= 0.3 is 0 Å². The van der Waals surface area contributed by atoms with Crippen molar-refractivity contribution in [2.75, 3.05) is 5.32 Å². The number of hydrogen-bond acceptors (Lipinski definition) is 4. The van der Waals surface area contributed by atoms with Gasteiger partial charge in [-0.2, -0.15) is 0 Å². The molecular weight excluding hydrogens is 170 g/mol. The van der Waals surface area contributed by atoms with Crippen LogP contribution in [0.2, 0.25) is 0 Å². The van der Waals surface area contributed by atoms with Crippen LogP contribution in [-0.4, -0.2) is 15.6 Å². The zero-order chi connectivity index (χ0) is 8.97. The molecule has 0 bridgehead atoms. The van der Waals surface area contributed by atoms with Crippen LogP contribution in [0.3, 0.4) is 0 Å². The lowest BCUT2D eigenvalue weighted by Crippen LogP contribution is -2.23. The first-order valence-electron chi connectivity index (χ1n) is 4.28. The van der Waals surface area contributed by atoms with Crippen molar-refractivity contribution in [2.24, 2.45) is 5.92 Å². The Balaban J connectivity index is 2.48. The topological polar surface area (TPSA) is 37.8 Å². The summed E-state index contributed by atoms with van der Waals surface area (Å²) in [5.41, 5.74) is 0. The third kappa shape index (κ3) is 2.44. The van der Waals surface area contributed by atoms with Crippen LogP contribution in [0.5, 0.6) is 0 Å². The second-order valence-corrected chi connectivity index (χ2v) is 3.97. The maximum atomic E-state index is 3.80. The Morgan fingerprint density at radius 2 is 2.33 bits per heavy atom. The van der Waals surface area contributed by atoms with Crippen LogP contribution in [-0.2, 0) is 0 Å². The van der Waals surface area contributed by atoms with E-state index < -0.39 is 0 Å². The van der Waals surface area contributed by atoms with Crippen molar-refractivity contribution in [1.82, 2.24) is 9.59 Å². The second kappa shape index (κ2) is 4.40. The van der Waals surface area contributed by atoms with Crippen LogP contribution >= 0.6 is 11.5 Å². The fourth-order valence-corrected chi connectivity index (χ4v) is 1.63. The molecule has 0 spiro atoms. The number of hydrogen-bond donors (Lipinski definition) is 1. The molecule has 0 aliphatic rings. The van der Waals surface area contributed by atoms with E-state index in [-0.39, 0.29) is 0 Å². The highest BCUT2D eigenvalue weighted by molar-refractivity contribution is 7.09. The average Bonchev–Trinajstić information content (AvgIpc) is 2.51. The molecule has 4 heteroatoms. The molecule has 1 heterocycles. The van der Waals surface area contributed by atoms with Crippen molar-refractivity contribution < 1.29 is 0 Å². The lowest BCUT2D eigenvalue weighted by Gasteiger charge is -2.19. The smallest absolute Gasteiger partial charge is 0.130 e. The highest BCUT2D eigenvalue weighted by atomic mass is 32.1. The number of nitrogens with one attached hydrogen (secondary N) is 1. The van der Waals surface area contributed by atoms with Crippen LogP contribution in [0.4, 0.5) is 5.00 Å². The molecule has 0 saturated heterocycles. The number of nitrogens with zero attached hydrogens (tertiary/aromatic N) is 2. The average molecular weight is 185 g/mol. The Morgan fingerprint density at radius 1 is 1.58 bits per heavy atom. The van der Waals surface area contributed by atoms with Crippen molar-refractivity contribution in [3.05, 3.63) is 6.20 Å². The fraction of sp³-hybridized carbons (Fsp3) is 0.750. The first-order valence-corrected chi connectivity index (χ1v) is 5.05. The van der Waals surface area contributed by atoms with Gasteiger partial charge in [0, 0.05) is 17.6 Å². The van der Waals surface area contributed by atoms with E-state index in [1.807, 2.05) is 0 Å². The molecule has 1 atom stereocenters. The Labute approximate surface area is 77.4 Å². The summed E-state index contributed by atoms with van der Waals surface area (Å²) < 4.78 is 3.80. The molecule has 1 aromatic rings. The molecule has 0 aromatic carbocycles. The van der Waals surface area contributed by atoms with Gasteiger partial charge in [0.25, 0.3) is 0 Å². The molecule has 0 aliphatic heterocycles. The van der Waals surface area contributed by atoms with E-state index >= 15 is 0 Å². The van der Waals surface area contributed by atoms with E-state index in [9.17, 15) is 0 Å². The molecule has 3 nitrogen and oxygen atoms in total. The molecule has 1 aromatic heterocycles. The maximum Gasteiger partial charge on any atom is 0.130 e. The van der Waals surface area contributed by atoms with Gasteiger partial charge in [-0.25, -0.2) is 0 Å². The Morgan fingerprint density at radius 3 is 2.75 bits per heavy atom. The SMILES string of the molecule is CCC(Nc1cnns1)C(C)C. The summed E-state index contributed by atoms with van der Waals surface area (Å²) in [4.78, 5) is 0. The van der Waals surface area contributed by atoms with Crippen LogP contribution in [0.25, 0.3) is 0 Å². The van der Waals surface area contributed by atoms with Crippen molar-refractivity contribution in [3.63, 3.8) is 0 Å². The van der Waals surface area contributed by atoms with Crippen LogP contribution in [0.1, 0.15) is 27.2 Å². The third-order valence-corrected chi connectivity index (χ3v) is 2.53. The summed E-state index contributed by atoms with van der Waals surface area (Å²) in [6.07, 6.45) is 2.91. The first kappa shape index (κ1) is 9.45. The van der Waals surface area contributed by atoms with Gasteiger partial charge in [-0.1, -0.05) is 25.3 Å². The maximum absolute atomic E-state index is 3.80. The number of rotatable bonds is 4. The predicted octanol–water partition coefficient (Wildman–Crippen LogP) is 2.38. The van der Waals surface area contributed by atoms with Crippen LogP contribution < -0.4 is 5.32 Å². The van der Waals surface area contributed by atoms with Gasteiger partial charge in [0.2, 0.25) is 0 Å². The fourth-order valence-electron chi connectivity index (χ4n) is 1.15. The van der Waals surface area contributed by atoms with Gasteiger partial charge in [0.05, 0.1) is 6.20 Å². The molecule has 68 valence electrons. The molecule has 0 saturated carbocycles. The van der Waals surface area contributed by atoms with Crippen molar-refractivity contribution >= 4 is 16.5 Å². The zero-order valence-electron chi connectivity index (χ0n) is 7.74. The van der Waals surface area contributed by atoms with E-state index in [0.29, 0.717) is 12.0 Å². The lowest BCUT2D eigenvalue weighted by molar-refractivity contribution is 0.512. The number of anilines is 1. The summed E-state index contributed by atoms with van der Waals surface area (Å²) in [5.74, 6) is 0.650. The largest absolute Gasteiger partial charge is 0.371 e. The molecule has 0 amide bonds. The summed E-state index contributed by atoms with van der Waals surface area (Å²) >= 11 is 1.41. The minimum atomic E-state index is 0.534. The summed E-state index contributed by atoms with van der Waals surface area (Å²) in [5, 5.41) is 8.24. The van der Waals surface area contributed by atoms with Gasteiger partial charge in [-0.3, -0.25) is 0 Å². The summed E-state index contributed by atoms with van der Waals surface area (Å²) in [7, 11) is 0.